The van der Waals surface area contributed by atoms with Crippen LogP contribution in [0.1, 0.15) is 14.5 Å². The Morgan fingerprint density at radius 1 is 1.35 bits per heavy atom. The molecule has 0 aliphatic rings. The molecule has 116 valence electrons. The fourth-order valence-electron chi connectivity index (χ4n) is 2.07. The standard InChI is InChI=1S/C15H12N4O3S/c1-10-5-6-14(23-10)13(20)8-18-9-16-15(17-18)11-3-2-4-12(7-11)19(21)22/h2-7,9H,8H2,1H3. The molecule has 3 rings (SSSR count). The number of aryl methyl sites for hydroxylation is 1. The van der Waals surface area contributed by atoms with E-state index in [1.54, 1.807) is 18.2 Å². The summed E-state index contributed by atoms with van der Waals surface area (Å²) in [5.74, 6) is 0.308. The highest BCUT2D eigenvalue weighted by Crippen LogP contribution is 2.21. The van der Waals surface area contributed by atoms with Crippen molar-refractivity contribution in [3.05, 3.63) is 62.6 Å². The number of nitro groups is 1. The molecule has 0 aliphatic carbocycles. The zero-order valence-corrected chi connectivity index (χ0v) is 13.0. The van der Waals surface area contributed by atoms with E-state index in [0.717, 1.165) is 4.88 Å². The molecule has 0 aliphatic heterocycles. The van der Waals surface area contributed by atoms with Crippen molar-refractivity contribution in [2.24, 2.45) is 0 Å². The van der Waals surface area contributed by atoms with E-state index in [0.29, 0.717) is 16.3 Å². The highest BCUT2D eigenvalue weighted by atomic mass is 32.1. The molecule has 2 heterocycles. The molecule has 8 heteroatoms. The van der Waals surface area contributed by atoms with E-state index in [-0.39, 0.29) is 18.0 Å². The number of carbonyl (C=O) groups excluding carboxylic acids is 1. The van der Waals surface area contributed by atoms with Gasteiger partial charge in [-0.2, -0.15) is 5.10 Å². The van der Waals surface area contributed by atoms with Crippen LogP contribution in [0.15, 0.2) is 42.7 Å². The number of carbonyl (C=O) groups is 1. The largest absolute Gasteiger partial charge is 0.291 e. The van der Waals surface area contributed by atoms with Crippen molar-refractivity contribution >= 4 is 22.8 Å². The third kappa shape index (κ3) is 3.32. The molecular formula is C15H12N4O3S. The zero-order chi connectivity index (χ0) is 16.4. The first kappa shape index (κ1) is 15.0. The highest BCUT2D eigenvalue weighted by Gasteiger charge is 2.13. The Kier molecular flexibility index (Phi) is 3.98. The Balaban J connectivity index is 1.79. The maximum Gasteiger partial charge on any atom is 0.270 e. The van der Waals surface area contributed by atoms with Crippen LogP contribution in [0, 0.1) is 17.0 Å². The van der Waals surface area contributed by atoms with Gasteiger partial charge in [-0.15, -0.1) is 11.3 Å². The summed E-state index contributed by atoms with van der Waals surface area (Å²) < 4.78 is 1.44. The Morgan fingerprint density at radius 2 is 2.17 bits per heavy atom. The van der Waals surface area contributed by atoms with Gasteiger partial charge < -0.3 is 0 Å². The number of hydrogen-bond acceptors (Lipinski definition) is 6. The zero-order valence-electron chi connectivity index (χ0n) is 12.2. The molecule has 23 heavy (non-hydrogen) atoms. The van der Waals surface area contributed by atoms with E-state index < -0.39 is 4.92 Å². The van der Waals surface area contributed by atoms with E-state index in [2.05, 4.69) is 10.1 Å². The van der Waals surface area contributed by atoms with Gasteiger partial charge in [0.05, 0.1) is 9.80 Å². The highest BCUT2D eigenvalue weighted by molar-refractivity contribution is 7.14. The lowest BCUT2D eigenvalue weighted by Gasteiger charge is -1.98. The fraction of sp³-hybridized carbons (Fsp3) is 0.133. The summed E-state index contributed by atoms with van der Waals surface area (Å²) in [7, 11) is 0. The molecule has 0 amide bonds. The summed E-state index contributed by atoms with van der Waals surface area (Å²) in [6.07, 6.45) is 1.45. The summed E-state index contributed by atoms with van der Waals surface area (Å²) in [6.45, 7) is 2.03. The number of rotatable bonds is 5. The van der Waals surface area contributed by atoms with Gasteiger partial charge in [-0.1, -0.05) is 12.1 Å². The first-order chi connectivity index (χ1) is 11.0. The average molecular weight is 328 g/mol. The molecule has 0 radical (unpaired) electrons. The lowest BCUT2D eigenvalue weighted by Crippen LogP contribution is -2.09. The molecule has 7 nitrogen and oxygen atoms in total. The number of thiophene rings is 1. The molecule has 0 saturated heterocycles. The molecule has 0 bridgehead atoms. The maximum atomic E-state index is 12.1. The molecular weight excluding hydrogens is 316 g/mol. The van der Waals surface area contributed by atoms with E-state index in [1.807, 2.05) is 13.0 Å². The second kappa shape index (κ2) is 6.09. The molecule has 0 fully saturated rings. The van der Waals surface area contributed by atoms with E-state index in [1.165, 1.54) is 34.5 Å². The topological polar surface area (TPSA) is 90.9 Å². The molecule has 3 aromatic rings. The molecule has 2 aromatic heterocycles. The second-order valence-electron chi connectivity index (χ2n) is 4.91. The Bertz CT molecular complexity index is 884. The third-order valence-corrected chi connectivity index (χ3v) is 4.21. The Morgan fingerprint density at radius 3 is 2.87 bits per heavy atom. The van der Waals surface area contributed by atoms with E-state index in [4.69, 9.17) is 0 Å². The van der Waals surface area contributed by atoms with Gasteiger partial charge >= 0.3 is 0 Å². The van der Waals surface area contributed by atoms with Gasteiger partial charge in [0.15, 0.2) is 11.6 Å². The summed E-state index contributed by atoms with van der Waals surface area (Å²) in [5.41, 5.74) is 0.515. The van der Waals surface area contributed by atoms with Gasteiger partial charge in [0.1, 0.15) is 12.9 Å². The van der Waals surface area contributed by atoms with Crippen molar-refractivity contribution in [3.63, 3.8) is 0 Å². The number of non-ortho nitro benzene ring substituents is 1. The number of benzene rings is 1. The summed E-state index contributed by atoms with van der Waals surface area (Å²) in [6, 6.07) is 9.77. The van der Waals surface area contributed by atoms with Crippen molar-refractivity contribution in [2.45, 2.75) is 13.5 Å². The van der Waals surface area contributed by atoms with Crippen LogP contribution in [0.2, 0.25) is 0 Å². The van der Waals surface area contributed by atoms with Gasteiger partial charge in [-0.25, -0.2) is 9.67 Å². The molecule has 0 spiro atoms. The van der Waals surface area contributed by atoms with Gasteiger partial charge in [0.25, 0.3) is 5.69 Å². The minimum absolute atomic E-state index is 0.0241. The quantitative estimate of drug-likeness (QED) is 0.408. The van der Waals surface area contributed by atoms with Crippen LogP contribution in [0.25, 0.3) is 11.4 Å². The number of hydrogen-bond donors (Lipinski definition) is 0. The van der Waals surface area contributed by atoms with Crippen LogP contribution in [0.4, 0.5) is 5.69 Å². The van der Waals surface area contributed by atoms with Crippen LogP contribution in [-0.2, 0) is 6.54 Å². The fourth-order valence-corrected chi connectivity index (χ4v) is 2.87. The van der Waals surface area contributed by atoms with Crippen molar-refractivity contribution < 1.29 is 9.72 Å². The molecule has 1 aromatic carbocycles. The maximum absolute atomic E-state index is 12.1. The summed E-state index contributed by atoms with van der Waals surface area (Å²) in [4.78, 5) is 28.4. The minimum Gasteiger partial charge on any atom is -0.291 e. The van der Waals surface area contributed by atoms with Gasteiger partial charge in [-0.3, -0.25) is 14.9 Å². The Labute approximate surface area is 135 Å². The number of ketones is 1. The SMILES string of the molecule is Cc1ccc(C(=O)Cn2cnc(-c3cccc([N+](=O)[O-])c3)n2)s1. The second-order valence-corrected chi connectivity index (χ2v) is 6.19. The van der Waals surface area contributed by atoms with Crippen LogP contribution in [-0.4, -0.2) is 25.5 Å². The molecule has 0 N–H and O–H groups in total. The third-order valence-electron chi connectivity index (χ3n) is 3.17. The molecule has 0 atom stereocenters. The van der Waals surface area contributed by atoms with E-state index >= 15 is 0 Å². The number of Topliss-reactive ketones (excluding diaryl/α,β-unsaturated/α-hetero) is 1. The lowest BCUT2D eigenvalue weighted by atomic mass is 10.2. The first-order valence-electron chi connectivity index (χ1n) is 6.77. The number of nitro benzene ring substituents is 1. The van der Waals surface area contributed by atoms with Crippen molar-refractivity contribution in [1.29, 1.82) is 0 Å². The smallest absolute Gasteiger partial charge is 0.270 e. The van der Waals surface area contributed by atoms with Gasteiger partial charge in [0.2, 0.25) is 0 Å². The van der Waals surface area contributed by atoms with Gasteiger partial charge in [0, 0.05) is 22.6 Å². The Hall–Kier alpha value is -2.87. The minimum atomic E-state index is -0.469. The lowest BCUT2D eigenvalue weighted by molar-refractivity contribution is -0.384. The number of aromatic nitrogens is 3. The monoisotopic (exact) mass is 328 g/mol. The van der Waals surface area contributed by atoms with Crippen molar-refractivity contribution in [1.82, 2.24) is 14.8 Å². The van der Waals surface area contributed by atoms with Crippen LogP contribution in [0.3, 0.4) is 0 Å². The van der Waals surface area contributed by atoms with Crippen LogP contribution in [0.5, 0.6) is 0 Å². The summed E-state index contributed by atoms with van der Waals surface area (Å²) in [5, 5.41) is 15.0. The average Bonchev–Trinajstić information content (AvgIpc) is 3.16. The van der Waals surface area contributed by atoms with Crippen LogP contribution >= 0.6 is 11.3 Å². The number of nitrogens with zero attached hydrogens (tertiary/aromatic N) is 4. The first-order valence-corrected chi connectivity index (χ1v) is 7.58. The van der Waals surface area contributed by atoms with Crippen molar-refractivity contribution in [3.8, 4) is 11.4 Å². The predicted octanol–water partition coefficient (Wildman–Crippen LogP) is 3.11. The van der Waals surface area contributed by atoms with Gasteiger partial charge in [-0.05, 0) is 19.1 Å². The molecule has 0 unspecified atom stereocenters. The van der Waals surface area contributed by atoms with Crippen LogP contribution < -0.4 is 0 Å². The van der Waals surface area contributed by atoms with Crippen molar-refractivity contribution in [2.75, 3.05) is 0 Å². The van der Waals surface area contributed by atoms with E-state index in [9.17, 15) is 14.9 Å². The normalized spacial score (nSPS) is 10.7. The molecule has 0 saturated carbocycles. The predicted molar refractivity (Wildman–Crippen MR) is 85.5 cm³/mol. The summed E-state index contributed by atoms with van der Waals surface area (Å²) >= 11 is 1.44.